The van der Waals surface area contributed by atoms with Crippen molar-refractivity contribution in [3.63, 3.8) is 0 Å². The lowest BCUT2D eigenvalue weighted by molar-refractivity contribution is -0.121. The number of carbonyl (C=O) groups is 1. The summed E-state index contributed by atoms with van der Waals surface area (Å²) >= 11 is 0. The van der Waals surface area contributed by atoms with E-state index in [1.807, 2.05) is 12.1 Å². The van der Waals surface area contributed by atoms with E-state index >= 15 is 0 Å². The van der Waals surface area contributed by atoms with Crippen molar-refractivity contribution in [3.8, 4) is 0 Å². The number of likely N-dealkylation sites (tertiary alicyclic amines) is 1. The zero-order valence-electron chi connectivity index (χ0n) is 19.4. The second-order valence-corrected chi connectivity index (χ2v) is 10.7. The Balaban J connectivity index is 0.00000289. The average molecular weight is 422 g/mol. The van der Waals surface area contributed by atoms with Crippen LogP contribution in [0.1, 0.15) is 77.0 Å². The van der Waals surface area contributed by atoms with E-state index in [9.17, 15) is 4.79 Å². The molecule has 2 aromatic rings. The number of fused-ring (bicyclic) bond motifs is 2. The standard InChI is InChI=1S/C27H37N3O.H2/c1-26(2,3)12-16-30-17-13-27(14-18-30)11-10-24(22-8-4-5-9-23(22)27)29-25(31)19-21-7-6-15-28-20-21;/h4-9,15,20,24H,10-14,16-19H2,1-3H3,(H,29,31);1H/t24-;/m0./s1. The van der Waals surface area contributed by atoms with Gasteiger partial charge >= 0.3 is 0 Å². The van der Waals surface area contributed by atoms with Gasteiger partial charge in [-0.05, 0) is 85.3 Å². The molecule has 1 amide bonds. The summed E-state index contributed by atoms with van der Waals surface area (Å²) in [5.74, 6) is 0.0840. The summed E-state index contributed by atoms with van der Waals surface area (Å²) in [7, 11) is 0. The molecule has 1 aromatic heterocycles. The lowest BCUT2D eigenvalue weighted by atomic mass is 9.63. The molecule has 0 unspecified atom stereocenters. The number of carbonyl (C=O) groups excluding carboxylic acids is 1. The van der Waals surface area contributed by atoms with Gasteiger partial charge in [-0.2, -0.15) is 0 Å². The zero-order chi connectivity index (χ0) is 21.9. The van der Waals surface area contributed by atoms with Crippen molar-refractivity contribution < 1.29 is 6.22 Å². The molecule has 4 heteroatoms. The van der Waals surface area contributed by atoms with Gasteiger partial charge in [0.2, 0.25) is 5.91 Å². The number of benzene rings is 1. The van der Waals surface area contributed by atoms with E-state index in [2.05, 4.69) is 60.2 Å². The van der Waals surface area contributed by atoms with E-state index in [0.717, 1.165) is 18.4 Å². The fourth-order valence-electron chi connectivity index (χ4n) is 5.30. The fourth-order valence-corrected chi connectivity index (χ4v) is 5.30. The number of aromatic nitrogens is 1. The smallest absolute Gasteiger partial charge is 0.224 e. The van der Waals surface area contributed by atoms with E-state index < -0.39 is 0 Å². The molecule has 2 heterocycles. The first-order valence-electron chi connectivity index (χ1n) is 11.8. The maximum Gasteiger partial charge on any atom is 0.224 e. The molecule has 168 valence electrons. The molecule has 1 atom stereocenters. The second-order valence-electron chi connectivity index (χ2n) is 10.7. The Kier molecular flexibility index (Phi) is 6.47. The molecule has 4 rings (SSSR count). The summed E-state index contributed by atoms with van der Waals surface area (Å²) in [6, 6.07) is 12.8. The topological polar surface area (TPSA) is 45.2 Å². The number of hydrogen-bond donors (Lipinski definition) is 1. The van der Waals surface area contributed by atoms with Crippen molar-refractivity contribution in [3.05, 3.63) is 65.5 Å². The van der Waals surface area contributed by atoms with Gasteiger partial charge in [-0.1, -0.05) is 51.1 Å². The zero-order valence-corrected chi connectivity index (χ0v) is 19.4. The van der Waals surface area contributed by atoms with Crippen molar-refractivity contribution in [2.75, 3.05) is 19.6 Å². The minimum absolute atomic E-state index is 0. The van der Waals surface area contributed by atoms with E-state index in [4.69, 9.17) is 0 Å². The van der Waals surface area contributed by atoms with Gasteiger partial charge in [0.15, 0.2) is 0 Å². The first-order chi connectivity index (χ1) is 14.8. The molecule has 1 N–H and O–H groups in total. The summed E-state index contributed by atoms with van der Waals surface area (Å²) in [4.78, 5) is 19.5. The van der Waals surface area contributed by atoms with Crippen molar-refractivity contribution in [2.45, 2.75) is 70.8 Å². The lowest BCUT2D eigenvalue weighted by Crippen LogP contribution is -2.46. The molecular weight excluding hydrogens is 382 g/mol. The fraction of sp³-hybridized carbons (Fsp3) is 0.556. The molecule has 1 saturated heterocycles. The Hall–Kier alpha value is -2.20. The number of hydrogen-bond acceptors (Lipinski definition) is 3. The van der Waals surface area contributed by atoms with Crippen LogP contribution in [0.15, 0.2) is 48.8 Å². The third kappa shape index (κ3) is 5.35. The molecular formula is C27H39N3O. The predicted octanol–water partition coefficient (Wildman–Crippen LogP) is 5.29. The quantitative estimate of drug-likeness (QED) is 0.713. The van der Waals surface area contributed by atoms with Crippen LogP contribution in [-0.2, 0) is 16.6 Å². The van der Waals surface area contributed by atoms with Gasteiger partial charge in [0.05, 0.1) is 12.5 Å². The highest BCUT2D eigenvalue weighted by Gasteiger charge is 2.42. The summed E-state index contributed by atoms with van der Waals surface area (Å²) < 4.78 is 0. The van der Waals surface area contributed by atoms with Gasteiger partial charge in [0.1, 0.15) is 0 Å². The molecule has 1 fully saturated rings. The highest BCUT2D eigenvalue weighted by Crippen LogP contribution is 2.48. The molecule has 0 saturated carbocycles. The Bertz CT molecular complexity index is 885. The number of piperidine rings is 1. The number of pyridine rings is 1. The highest BCUT2D eigenvalue weighted by molar-refractivity contribution is 5.79. The van der Waals surface area contributed by atoms with Crippen molar-refractivity contribution in [1.29, 1.82) is 0 Å². The predicted molar refractivity (Wildman–Crippen MR) is 128 cm³/mol. The molecule has 2 aliphatic rings. The van der Waals surface area contributed by atoms with Crippen LogP contribution in [0.25, 0.3) is 0 Å². The van der Waals surface area contributed by atoms with Crippen LogP contribution in [0.5, 0.6) is 0 Å². The van der Waals surface area contributed by atoms with Gasteiger partial charge in [0.25, 0.3) is 0 Å². The third-order valence-corrected chi connectivity index (χ3v) is 7.23. The van der Waals surface area contributed by atoms with Crippen LogP contribution in [0, 0.1) is 5.41 Å². The maximum absolute atomic E-state index is 12.7. The lowest BCUT2D eigenvalue weighted by Gasteiger charge is -2.47. The Morgan fingerprint density at radius 2 is 1.94 bits per heavy atom. The molecule has 1 aliphatic heterocycles. The van der Waals surface area contributed by atoms with Crippen molar-refractivity contribution in [1.82, 2.24) is 15.2 Å². The third-order valence-electron chi connectivity index (χ3n) is 7.23. The van der Waals surface area contributed by atoms with Crippen LogP contribution < -0.4 is 5.32 Å². The Labute approximate surface area is 188 Å². The Morgan fingerprint density at radius 1 is 1.16 bits per heavy atom. The number of rotatable bonds is 5. The van der Waals surface area contributed by atoms with Crippen LogP contribution >= 0.6 is 0 Å². The maximum atomic E-state index is 12.7. The highest BCUT2D eigenvalue weighted by atomic mass is 16.1. The normalized spacial score (nSPS) is 20.9. The molecule has 1 spiro atoms. The number of nitrogens with zero attached hydrogens (tertiary/aromatic N) is 2. The van der Waals surface area contributed by atoms with E-state index in [0.29, 0.717) is 11.8 Å². The first kappa shape index (κ1) is 22.0. The van der Waals surface area contributed by atoms with E-state index in [1.54, 1.807) is 12.4 Å². The molecule has 1 aromatic carbocycles. The largest absolute Gasteiger partial charge is 0.349 e. The summed E-state index contributed by atoms with van der Waals surface area (Å²) in [6.45, 7) is 10.6. The summed E-state index contributed by atoms with van der Waals surface area (Å²) in [5.41, 5.74) is 4.44. The van der Waals surface area contributed by atoms with Crippen molar-refractivity contribution >= 4 is 5.91 Å². The van der Waals surface area contributed by atoms with Crippen LogP contribution in [0.2, 0.25) is 0 Å². The van der Waals surface area contributed by atoms with Crippen molar-refractivity contribution in [2.24, 2.45) is 5.41 Å². The minimum atomic E-state index is 0. The molecule has 0 bridgehead atoms. The average Bonchev–Trinajstić information content (AvgIpc) is 2.76. The van der Waals surface area contributed by atoms with Gasteiger partial charge in [-0.3, -0.25) is 9.78 Å². The van der Waals surface area contributed by atoms with Crippen LogP contribution in [0.3, 0.4) is 0 Å². The van der Waals surface area contributed by atoms with E-state index in [-0.39, 0.29) is 18.8 Å². The van der Waals surface area contributed by atoms with E-state index in [1.165, 1.54) is 50.0 Å². The summed E-state index contributed by atoms with van der Waals surface area (Å²) in [6.07, 6.45) is 9.80. The van der Waals surface area contributed by atoms with Gasteiger partial charge in [-0.15, -0.1) is 0 Å². The Morgan fingerprint density at radius 3 is 2.65 bits per heavy atom. The SMILES string of the molecule is CC(C)(C)CCN1CCC2(CC[C@H](NC(=O)Cc3cccnc3)c3ccccc32)CC1.[HH]. The molecule has 31 heavy (non-hydrogen) atoms. The summed E-state index contributed by atoms with van der Waals surface area (Å²) in [5, 5.41) is 3.31. The van der Waals surface area contributed by atoms with Crippen LogP contribution in [-0.4, -0.2) is 35.4 Å². The minimum Gasteiger partial charge on any atom is -0.349 e. The van der Waals surface area contributed by atoms with Gasteiger partial charge < -0.3 is 10.2 Å². The molecule has 4 nitrogen and oxygen atoms in total. The van der Waals surface area contributed by atoms with Crippen LogP contribution in [0.4, 0.5) is 0 Å². The molecule has 1 aliphatic carbocycles. The second kappa shape index (κ2) is 9.12. The van der Waals surface area contributed by atoms with Gasteiger partial charge in [0, 0.05) is 13.8 Å². The number of nitrogens with one attached hydrogen (secondary N) is 1. The molecule has 0 radical (unpaired) electrons. The number of amides is 1. The monoisotopic (exact) mass is 421 g/mol. The first-order valence-corrected chi connectivity index (χ1v) is 11.8. The van der Waals surface area contributed by atoms with Gasteiger partial charge in [-0.25, -0.2) is 0 Å².